The summed E-state index contributed by atoms with van der Waals surface area (Å²) in [5.74, 6) is -3.29. The number of rotatable bonds is 2. The van der Waals surface area contributed by atoms with Crippen LogP contribution in [-0.2, 0) is 10.3 Å². The molecule has 1 aliphatic rings. The molecule has 98 valence electrons. The second-order valence-electron chi connectivity index (χ2n) is 4.55. The molecular weight excluding hydrogens is 264 g/mol. The number of nitrogens with two attached hydrogens (primary N) is 1. The molecule has 3 nitrogen and oxygen atoms in total. The van der Waals surface area contributed by atoms with Crippen molar-refractivity contribution in [2.24, 2.45) is 5.73 Å². The molecule has 2 N–H and O–H groups in total. The van der Waals surface area contributed by atoms with Crippen molar-refractivity contribution >= 4 is 17.6 Å². The van der Waals surface area contributed by atoms with Gasteiger partial charge in [-0.05, 0) is 17.7 Å². The number of benzene rings is 1. The van der Waals surface area contributed by atoms with Gasteiger partial charge in [-0.15, -0.1) is 0 Å². The lowest BCUT2D eigenvalue weighted by Crippen LogP contribution is -2.55. The lowest BCUT2D eigenvalue weighted by Gasteiger charge is -2.45. The van der Waals surface area contributed by atoms with Crippen molar-refractivity contribution in [1.82, 2.24) is 0 Å². The first kappa shape index (κ1) is 13.2. The van der Waals surface area contributed by atoms with Crippen LogP contribution in [0.2, 0.25) is 5.02 Å². The maximum atomic E-state index is 12.9. The van der Waals surface area contributed by atoms with Crippen molar-refractivity contribution in [3.05, 3.63) is 34.3 Å². The monoisotopic (exact) mass is 275 g/mol. The Labute approximate surface area is 108 Å². The molecule has 1 fully saturated rings. The molecule has 0 bridgehead atoms. The highest BCUT2D eigenvalue weighted by atomic mass is 35.5. The van der Waals surface area contributed by atoms with Gasteiger partial charge in [-0.3, -0.25) is 0 Å². The fourth-order valence-corrected chi connectivity index (χ4v) is 2.43. The summed E-state index contributed by atoms with van der Waals surface area (Å²) in [5, 5.41) is 0.152. The number of methoxy groups -OCH3 is 1. The summed E-state index contributed by atoms with van der Waals surface area (Å²) in [6.45, 7) is 0. The highest BCUT2D eigenvalue weighted by molar-refractivity contribution is 6.33. The van der Waals surface area contributed by atoms with Gasteiger partial charge in [0.2, 0.25) is 0 Å². The van der Waals surface area contributed by atoms with Gasteiger partial charge in [-0.1, -0.05) is 17.7 Å². The molecule has 2 rings (SSSR count). The number of carbonyl (C=O) groups excluding carboxylic acids is 1. The lowest BCUT2D eigenvalue weighted by atomic mass is 9.70. The van der Waals surface area contributed by atoms with E-state index in [-0.39, 0.29) is 10.6 Å². The van der Waals surface area contributed by atoms with Gasteiger partial charge in [0, 0.05) is 12.8 Å². The number of halogens is 3. The zero-order chi connectivity index (χ0) is 13.6. The summed E-state index contributed by atoms with van der Waals surface area (Å²) < 4.78 is 30.3. The second-order valence-corrected chi connectivity index (χ2v) is 4.96. The first-order valence-corrected chi connectivity index (χ1v) is 5.70. The molecule has 0 spiro atoms. The lowest BCUT2D eigenvalue weighted by molar-refractivity contribution is -0.125. The molecule has 1 aliphatic carbocycles. The van der Waals surface area contributed by atoms with E-state index in [1.54, 1.807) is 0 Å². The fraction of sp³-hybridized carbons (Fsp3) is 0.417. The summed E-state index contributed by atoms with van der Waals surface area (Å²) in [6, 6.07) is 4.42. The number of hydrogen-bond acceptors (Lipinski definition) is 3. The fourth-order valence-electron chi connectivity index (χ4n) is 2.18. The topological polar surface area (TPSA) is 52.3 Å². The van der Waals surface area contributed by atoms with Crippen LogP contribution in [0.3, 0.4) is 0 Å². The molecule has 0 saturated heterocycles. The Hall–Kier alpha value is -1.20. The Morgan fingerprint density at radius 2 is 2.06 bits per heavy atom. The van der Waals surface area contributed by atoms with Crippen LogP contribution in [0.5, 0.6) is 0 Å². The first-order valence-electron chi connectivity index (χ1n) is 5.32. The Morgan fingerprint density at radius 1 is 1.44 bits per heavy atom. The van der Waals surface area contributed by atoms with Gasteiger partial charge in [0.25, 0.3) is 5.92 Å². The van der Waals surface area contributed by atoms with Crippen molar-refractivity contribution in [1.29, 1.82) is 0 Å². The number of carbonyl (C=O) groups is 1. The van der Waals surface area contributed by atoms with E-state index >= 15 is 0 Å². The summed E-state index contributed by atoms with van der Waals surface area (Å²) >= 11 is 5.92. The van der Waals surface area contributed by atoms with Gasteiger partial charge in [-0.2, -0.15) is 0 Å². The summed E-state index contributed by atoms with van der Waals surface area (Å²) in [4.78, 5) is 11.3. The SMILES string of the molecule is COC(=O)c1ccc(C2(N)CC(F)(F)C2)cc1Cl. The minimum atomic E-state index is -2.72. The zero-order valence-electron chi connectivity index (χ0n) is 9.67. The second kappa shape index (κ2) is 4.17. The van der Waals surface area contributed by atoms with E-state index in [1.165, 1.54) is 25.3 Å². The number of alkyl halides is 2. The molecule has 0 amide bonds. The smallest absolute Gasteiger partial charge is 0.339 e. The van der Waals surface area contributed by atoms with Crippen molar-refractivity contribution in [3.8, 4) is 0 Å². The van der Waals surface area contributed by atoms with E-state index in [4.69, 9.17) is 17.3 Å². The van der Waals surface area contributed by atoms with Gasteiger partial charge in [0.15, 0.2) is 0 Å². The molecule has 6 heteroatoms. The van der Waals surface area contributed by atoms with Gasteiger partial charge in [0.1, 0.15) is 0 Å². The third-order valence-corrected chi connectivity index (χ3v) is 3.41. The molecule has 1 aromatic carbocycles. The van der Waals surface area contributed by atoms with E-state index in [1.807, 2.05) is 0 Å². The maximum absolute atomic E-state index is 12.9. The minimum Gasteiger partial charge on any atom is -0.465 e. The van der Waals surface area contributed by atoms with Crippen LogP contribution in [0, 0.1) is 0 Å². The van der Waals surface area contributed by atoms with Crippen LogP contribution < -0.4 is 5.73 Å². The van der Waals surface area contributed by atoms with Crippen molar-refractivity contribution in [2.75, 3.05) is 7.11 Å². The van der Waals surface area contributed by atoms with Crippen LogP contribution in [-0.4, -0.2) is 19.0 Å². The van der Waals surface area contributed by atoms with Crippen LogP contribution in [0.4, 0.5) is 8.78 Å². The predicted molar refractivity (Wildman–Crippen MR) is 62.8 cm³/mol. The van der Waals surface area contributed by atoms with E-state index < -0.39 is 30.3 Å². The number of hydrogen-bond donors (Lipinski definition) is 1. The minimum absolute atomic E-state index is 0.152. The Kier molecular flexibility index (Phi) is 3.07. The van der Waals surface area contributed by atoms with Gasteiger partial charge in [-0.25, -0.2) is 13.6 Å². The highest BCUT2D eigenvalue weighted by Gasteiger charge is 2.55. The van der Waals surface area contributed by atoms with E-state index in [9.17, 15) is 13.6 Å². The van der Waals surface area contributed by atoms with E-state index in [2.05, 4.69) is 4.74 Å². The molecule has 1 aromatic rings. The Balaban J connectivity index is 2.28. The molecule has 0 heterocycles. The Bertz CT molecular complexity index is 497. The third kappa shape index (κ3) is 2.20. The molecule has 0 unspecified atom stereocenters. The predicted octanol–water partition coefficient (Wildman–Crippen LogP) is 2.71. The van der Waals surface area contributed by atoms with Crippen molar-refractivity contribution in [3.63, 3.8) is 0 Å². The van der Waals surface area contributed by atoms with Gasteiger partial charge < -0.3 is 10.5 Å². The maximum Gasteiger partial charge on any atom is 0.339 e. The molecule has 0 atom stereocenters. The quantitative estimate of drug-likeness (QED) is 0.845. The largest absolute Gasteiger partial charge is 0.465 e. The van der Waals surface area contributed by atoms with Crippen molar-refractivity contribution in [2.45, 2.75) is 24.3 Å². The normalized spacial score (nSPS) is 20.1. The number of ether oxygens (including phenoxy) is 1. The average Bonchev–Trinajstić information content (AvgIpc) is 2.25. The highest BCUT2D eigenvalue weighted by Crippen LogP contribution is 2.50. The molecule has 1 saturated carbocycles. The Morgan fingerprint density at radius 3 is 2.50 bits per heavy atom. The zero-order valence-corrected chi connectivity index (χ0v) is 10.4. The van der Waals surface area contributed by atoms with E-state index in [0.29, 0.717) is 5.56 Å². The number of esters is 1. The summed E-state index contributed by atoms with van der Waals surface area (Å²) in [7, 11) is 1.24. The molecule has 0 radical (unpaired) electrons. The third-order valence-electron chi connectivity index (χ3n) is 3.10. The van der Waals surface area contributed by atoms with E-state index in [0.717, 1.165) is 0 Å². The average molecular weight is 276 g/mol. The summed E-state index contributed by atoms with van der Waals surface area (Å²) in [6.07, 6.45) is -0.818. The molecule has 18 heavy (non-hydrogen) atoms. The molecule has 0 aromatic heterocycles. The van der Waals surface area contributed by atoms with Crippen LogP contribution >= 0.6 is 11.6 Å². The summed E-state index contributed by atoms with van der Waals surface area (Å²) in [5.41, 5.74) is 5.50. The van der Waals surface area contributed by atoms with Gasteiger partial charge in [0.05, 0.1) is 23.2 Å². The molecular formula is C12H12ClF2NO2. The molecule has 0 aliphatic heterocycles. The van der Waals surface area contributed by atoms with Crippen molar-refractivity contribution < 1.29 is 18.3 Å². The van der Waals surface area contributed by atoms with Crippen LogP contribution in [0.25, 0.3) is 0 Å². The van der Waals surface area contributed by atoms with Crippen LogP contribution in [0.15, 0.2) is 18.2 Å². The van der Waals surface area contributed by atoms with Gasteiger partial charge >= 0.3 is 5.97 Å². The van der Waals surface area contributed by atoms with Crippen LogP contribution in [0.1, 0.15) is 28.8 Å². The first-order chi connectivity index (χ1) is 8.27. The standard InChI is InChI=1S/C12H12ClF2NO2/c1-18-10(17)8-3-2-7(4-9(8)13)11(16)5-12(14,15)6-11/h2-4H,5-6,16H2,1H3.